The Morgan fingerprint density at radius 2 is 0.770 bits per heavy atom. The van der Waals surface area contributed by atoms with Crippen molar-refractivity contribution < 1.29 is 24.5 Å². The van der Waals surface area contributed by atoms with Gasteiger partial charge in [0.2, 0.25) is 5.91 Å². The summed E-state index contributed by atoms with van der Waals surface area (Å²) in [6.45, 7) is 4.93. The Bertz CT molecular complexity index is 909. The third-order valence-electron chi connectivity index (χ3n) is 12.8. The summed E-state index contributed by atoms with van der Waals surface area (Å²) in [6, 6.07) is -0.551. The molecule has 2 atom stereocenters. The highest BCUT2D eigenvalue weighted by Gasteiger charge is 2.20. The zero-order valence-corrected chi connectivity index (χ0v) is 41.2. The summed E-state index contributed by atoms with van der Waals surface area (Å²) in [5, 5.41) is 23.2. The van der Waals surface area contributed by atoms with Gasteiger partial charge >= 0.3 is 5.97 Å². The molecule has 0 aliphatic rings. The first-order valence-corrected chi connectivity index (χ1v) is 27.4. The maximum Gasteiger partial charge on any atom is 0.305 e. The molecule has 0 aliphatic carbocycles. The summed E-state index contributed by atoms with van der Waals surface area (Å²) >= 11 is 0. The summed E-state index contributed by atoms with van der Waals surface area (Å²) in [5.74, 6) is -0.0556. The first-order valence-electron chi connectivity index (χ1n) is 27.4. The minimum Gasteiger partial charge on any atom is -0.466 e. The van der Waals surface area contributed by atoms with Gasteiger partial charge in [0.05, 0.1) is 25.4 Å². The fraction of sp³-hybridized carbons (Fsp3) is 0.927. The standard InChI is InChI=1S/C55H107NO5/c1-3-5-7-9-11-13-15-17-18-21-25-29-33-37-41-45-49-55(60)61-50-46-42-38-34-30-26-22-19-20-24-28-32-36-40-44-48-54(59)56-52(51-57)53(58)47-43-39-35-31-27-23-16-14-12-10-8-6-4-2/h22,26,52-53,57-58H,3-21,23-25,27-51H2,1-2H3,(H,56,59)/b26-22-. The summed E-state index contributed by atoms with van der Waals surface area (Å²) in [6.07, 6.45) is 59.0. The van der Waals surface area contributed by atoms with Gasteiger partial charge in [0.15, 0.2) is 0 Å². The Kier molecular flexibility index (Phi) is 50.1. The van der Waals surface area contributed by atoms with Crippen LogP contribution in [0.2, 0.25) is 0 Å². The van der Waals surface area contributed by atoms with Gasteiger partial charge in [-0.15, -0.1) is 0 Å². The Hall–Kier alpha value is -1.40. The van der Waals surface area contributed by atoms with Crippen molar-refractivity contribution in [1.82, 2.24) is 5.32 Å². The fourth-order valence-electron chi connectivity index (χ4n) is 8.58. The minimum atomic E-state index is -0.672. The van der Waals surface area contributed by atoms with E-state index in [-0.39, 0.29) is 18.5 Å². The Balaban J connectivity index is 3.45. The van der Waals surface area contributed by atoms with Crippen LogP contribution in [-0.2, 0) is 14.3 Å². The third-order valence-corrected chi connectivity index (χ3v) is 12.8. The predicted molar refractivity (Wildman–Crippen MR) is 264 cm³/mol. The third kappa shape index (κ3) is 47.9. The molecule has 0 rings (SSSR count). The van der Waals surface area contributed by atoms with Crippen LogP contribution in [0.5, 0.6) is 0 Å². The number of unbranched alkanes of at least 4 members (excludes halogenated alkanes) is 38. The maximum atomic E-state index is 12.4. The number of aliphatic hydroxyl groups excluding tert-OH is 2. The number of nitrogens with one attached hydrogen (secondary N) is 1. The molecule has 2 unspecified atom stereocenters. The topological polar surface area (TPSA) is 95.9 Å². The number of allylic oxidation sites excluding steroid dienone is 2. The normalized spacial score (nSPS) is 12.7. The average Bonchev–Trinajstić information content (AvgIpc) is 3.26. The van der Waals surface area contributed by atoms with E-state index in [1.165, 1.54) is 199 Å². The van der Waals surface area contributed by atoms with Gasteiger partial charge in [0, 0.05) is 12.8 Å². The number of hydrogen-bond acceptors (Lipinski definition) is 5. The molecule has 0 saturated carbocycles. The van der Waals surface area contributed by atoms with Crippen LogP contribution in [-0.4, -0.2) is 47.4 Å². The molecule has 0 spiro atoms. The number of rotatable bonds is 51. The zero-order chi connectivity index (χ0) is 44.4. The van der Waals surface area contributed by atoms with Crippen molar-refractivity contribution in [3.8, 4) is 0 Å². The molecule has 0 saturated heterocycles. The van der Waals surface area contributed by atoms with E-state index in [1.54, 1.807) is 0 Å². The Labute approximate surface area is 380 Å². The molecule has 0 fully saturated rings. The van der Waals surface area contributed by atoms with Gasteiger partial charge in [0.1, 0.15) is 0 Å². The molecule has 0 radical (unpaired) electrons. The van der Waals surface area contributed by atoms with Crippen molar-refractivity contribution in [2.75, 3.05) is 13.2 Å². The van der Waals surface area contributed by atoms with Gasteiger partial charge in [-0.1, -0.05) is 251 Å². The minimum absolute atomic E-state index is 0.00632. The Morgan fingerprint density at radius 1 is 0.443 bits per heavy atom. The number of carbonyl (C=O) groups is 2. The SMILES string of the molecule is CCCCCCCCCCCCCCCCCCC(=O)OCCCCCC/C=C\CCCCCCCCCC(=O)NC(CO)C(O)CCCCCCCCCCCCCCC. The lowest BCUT2D eigenvalue weighted by molar-refractivity contribution is -0.143. The summed E-state index contributed by atoms with van der Waals surface area (Å²) in [4.78, 5) is 24.5. The van der Waals surface area contributed by atoms with Crippen LogP contribution in [0.4, 0.5) is 0 Å². The summed E-state index contributed by atoms with van der Waals surface area (Å²) in [5.41, 5.74) is 0. The van der Waals surface area contributed by atoms with E-state index in [9.17, 15) is 19.8 Å². The highest BCUT2D eigenvalue weighted by Crippen LogP contribution is 2.17. The highest BCUT2D eigenvalue weighted by molar-refractivity contribution is 5.76. The number of amides is 1. The quantitative estimate of drug-likeness (QED) is 0.0322. The van der Waals surface area contributed by atoms with Crippen LogP contribution in [0.15, 0.2) is 12.2 Å². The molecule has 362 valence electrons. The number of aliphatic hydroxyl groups is 2. The van der Waals surface area contributed by atoms with Crippen molar-refractivity contribution in [2.45, 2.75) is 315 Å². The Morgan fingerprint density at radius 3 is 1.16 bits per heavy atom. The predicted octanol–water partition coefficient (Wildman–Crippen LogP) is 16.5. The molecule has 3 N–H and O–H groups in total. The van der Waals surface area contributed by atoms with Crippen molar-refractivity contribution in [3.05, 3.63) is 12.2 Å². The summed E-state index contributed by atoms with van der Waals surface area (Å²) in [7, 11) is 0. The molecule has 6 heteroatoms. The van der Waals surface area contributed by atoms with E-state index in [0.29, 0.717) is 25.9 Å². The van der Waals surface area contributed by atoms with Gasteiger partial charge in [-0.25, -0.2) is 0 Å². The van der Waals surface area contributed by atoms with Gasteiger partial charge in [0.25, 0.3) is 0 Å². The number of carbonyl (C=O) groups excluding carboxylic acids is 2. The van der Waals surface area contributed by atoms with Crippen LogP contribution in [0.3, 0.4) is 0 Å². The van der Waals surface area contributed by atoms with E-state index < -0.39 is 12.1 Å². The van der Waals surface area contributed by atoms with Crippen LogP contribution in [0, 0.1) is 0 Å². The van der Waals surface area contributed by atoms with Crippen LogP contribution in [0.1, 0.15) is 303 Å². The second-order valence-electron chi connectivity index (χ2n) is 18.9. The smallest absolute Gasteiger partial charge is 0.305 e. The summed E-state index contributed by atoms with van der Waals surface area (Å²) < 4.78 is 5.47. The van der Waals surface area contributed by atoms with Gasteiger partial charge in [-0.2, -0.15) is 0 Å². The number of esters is 1. The number of hydrogen-bond donors (Lipinski definition) is 3. The molecular formula is C55H107NO5. The first kappa shape index (κ1) is 59.6. The fourth-order valence-corrected chi connectivity index (χ4v) is 8.58. The first-order chi connectivity index (χ1) is 30.0. The molecule has 0 aromatic carbocycles. The lowest BCUT2D eigenvalue weighted by Crippen LogP contribution is -2.45. The van der Waals surface area contributed by atoms with Crippen molar-refractivity contribution in [3.63, 3.8) is 0 Å². The van der Waals surface area contributed by atoms with E-state index in [1.807, 2.05) is 0 Å². The van der Waals surface area contributed by atoms with E-state index >= 15 is 0 Å². The van der Waals surface area contributed by atoms with Gasteiger partial charge in [-0.3, -0.25) is 9.59 Å². The zero-order valence-electron chi connectivity index (χ0n) is 41.2. The molecule has 1 amide bonds. The van der Waals surface area contributed by atoms with E-state index in [4.69, 9.17) is 4.74 Å². The molecular weight excluding hydrogens is 755 g/mol. The van der Waals surface area contributed by atoms with Crippen molar-refractivity contribution >= 4 is 11.9 Å². The second kappa shape index (κ2) is 51.2. The molecule has 0 heterocycles. The van der Waals surface area contributed by atoms with Crippen LogP contribution < -0.4 is 5.32 Å². The van der Waals surface area contributed by atoms with Crippen molar-refractivity contribution in [1.29, 1.82) is 0 Å². The highest BCUT2D eigenvalue weighted by atomic mass is 16.5. The van der Waals surface area contributed by atoms with E-state index in [0.717, 1.165) is 70.6 Å². The van der Waals surface area contributed by atoms with Gasteiger partial charge in [-0.05, 0) is 51.4 Å². The molecule has 0 bridgehead atoms. The lowest BCUT2D eigenvalue weighted by atomic mass is 10.0. The van der Waals surface area contributed by atoms with Crippen molar-refractivity contribution in [2.24, 2.45) is 0 Å². The molecule has 0 aliphatic heterocycles. The monoisotopic (exact) mass is 862 g/mol. The van der Waals surface area contributed by atoms with Crippen LogP contribution in [0.25, 0.3) is 0 Å². The molecule has 6 nitrogen and oxygen atoms in total. The second-order valence-corrected chi connectivity index (χ2v) is 18.9. The van der Waals surface area contributed by atoms with E-state index in [2.05, 4.69) is 31.3 Å². The molecule has 61 heavy (non-hydrogen) atoms. The van der Waals surface area contributed by atoms with Gasteiger partial charge < -0.3 is 20.3 Å². The average molecular weight is 862 g/mol. The lowest BCUT2D eigenvalue weighted by Gasteiger charge is -2.22. The molecule has 0 aromatic heterocycles. The van der Waals surface area contributed by atoms with Crippen LogP contribution >= 0.6 is 0 Å². The maximum absolute atomic E-state index is 12.4. The number of ether oxygens (including phenoxy) is 1. The largest absolute Gasteiger partial charge is 0.466 e. The molecule has 0 aromatic rings.